The molecule has 0 aliphatic heterocycles. The van der Waals surface area contributed by atoms with Gasteiger partial charge >= 0.3 is 0 Å². The molecule has 1 rings (SSSR count). The second kappa shape index (κ2) is 5.86. The van der Waals surface area contributed by atoms with Gasteiger partial charge in [0.25, 0.3) is 0 Å². The summed E-state index contributed by atoms with van der Waals surface area (Å²) in [5.74, 6) is 0.853. The van der Waals surface area contributed by atoms with Crippen molar-refractivity contribution >= 4 is 0 Å². The van der Waals surface area contributed by atoms with Crippen molar-refractivity contribution in [3.63, 3.8) is 0 Å². The lowest BCUT2D eigenvalue weighted by Gasteiger charge is -2.46. The van der Waals surface area contributed by atoms with Gasteiger partial charge in [-0.2, -0.15) is 0 Å². The van der Waals surface area contributed by atoms with Crippen LogP contribution in [-0.4, -0.2) is 30.6 Å². The van der Waals surface area contributed by atoms with E-state index in [9.17, 15) is 0 Å². The van der Waals surface area contributed by atoms with Crippen molar-refractivity contribution in [2.24, 2.45) is 11.7 Å². The lowest BCUT2D eigenvalue weighted by molar-refractivity contribution is 0.0606. The standard InChI is InChI=1S/C13H28N2/c1-4-5-9-15(3)13(11-14)8-6-7-12(2)10-13/h12H,4-11,14H2,1-3H3. The Morgan fingerprint density at radius 3 is 2.73 bits per heavy atom. The van der Waals surface area contributed by atoms with Crippen LogP contribution in [0.3, 0.4) is 0 Å². The summed E-state index contributed by atoms with van der Waals surface area (Å²) in [4.78, 5) is 2.53. The second-order valence-corrected chi connectivity index (χ2v) is 5.41. The van der Waals surface area contributed by atoms with Crippen molar-refractivity contribution in [3.05, 3.63) is 0 Å². The molecule has 2 heteroatoms. The second-order valence-electron chi connectivity index (χ2n) is 5.41. The van der Waals surface area contributed by atoms with Crippen LogP contribution in [0.2, 0.25) is 0 Å². The predicted molar refractivity (Wildman–Crippen MR) is 67.0 cm³/mol. The highest BCUT2D eigenvalue weighted by Gasteiger charge is 2.36. The third-order valence-electron chi connectivity index (χ3n) is 4.10. The first-order valence-electron chi connectivity index (χ1n) is 6.56. The minimum absolute atomic E-state index is 0.312. The molecule has 0 amide bonds. The smallest absolute Gasteiger partial charge is 0.0331 e. The summed E-state index contributed by atoms with van der Waals surface area (Å²) in [5.41, 5.74) is 6.34. The molecular formula is C13H28N2. The zero-order valence-corrected chi connectivity index (χ0v) is 10.8. The first-order valence-corrected chi connectivity index (χ1v) is 6.56. The van der Waals surface area contributed by atoms with Crippen LogP contribution in [0, 0.1) is 5.92 Å². The third-order valence-corrected chi connectivity index (χ3v) is 4.10. The highest BCUT2D eigenvalue weighted by molar-refractivity contribution is 4.94. The summed E-state index contributed by atoms with van der Waals surface area (Å²) >= 11 is 0. The van der Waals surface area contributed by atoms with Gasteiger partial charge in [-0.15, -0.1) is 0 Å². The molecule has 0 aromatic carbocycles. The van der Waals surface area contributed by atoms with E-state index < -0.39 is 0 Å². The van der Waals surface area contributed by atoms with E-state index in [-0.39, 0.29) is 0 Å². The van der Waals surface area contributed by atoms with Crippen LogP contribution in [0.15, 0.2) is 0 Å². The van der Waals surface area contributed by atoms with Crippen LogP contribution >= 0.6 is 0 Å². The molecule has 0 radical (unpaired) electrons. The zero-order valence-electron chi connectivity index (χ0n) is 10.8. The van der Waals surface area contributed by atoms with Crippen molar-refractivity contribution in [2.45, 2.75) is 57.9 Å². The van der Waals surface area contributed by atoms with Crippen LogP contribution in [0.5, 0.6) is 0 Å². The molecule has 1 fully saturated rings. The Hall–Kier alpha value is -0.0800. The average Bonchev–Trinajstić information content (AvgIpc) is 2.25. The molecule has 0 spiro atoms. The number of nitrogens with two attached hydrogens (primary N) is 1. The van der Waals surface area contributed by atoms with E-state index in [1.807, 2.05) is 0 Å². The lowest BCUT2D eigenvalue weighted by Crippen LogP contribution is -2.54. The van der Waals surface area contributed by atoms with Gasteiger partial charge < -0.3 is 5.73 Å². The Bertz CT molecular complexity index is 181. The van der Waals surface area contributed by atoms with E-state index in [1.165, 1.54) is 45.1 Å². The average molecular weight is 212 g/mol. The highest BCUT2D eigenvalue weighted by Crippen LogP contribution is 2.35. The van der Waals surface area contributed by atoms with E-state index in [2.05, 4.69) is 25.8 Å². The van der Waals surface area contributed by atoms with Crippen molar-refractivity contribution in [2.75, 3.05) is 20.1 Å². The van der Waals surface area contributed by atoms with Crippen LogP contribution in [0.4, 0.5) is 0 Å². The molecule has 1 aliphatic rings. The molecular weight excluding hydrogens is 184 g/mol. The van der Waals surface area contributed by atoms with Gasteiger partial charge in [0.15, 0.2) is 0 Å². The van der Waals surface area contributed by atoms with Crippen molar-refractivity contribution in [1.82, 2.24) is 4.90 Å². The summed E-state index contributed by atoms with van der Waals surface area (Å²) < 4.78 is 0. The minimum Gasteiger partial charge on any atom is -0.329 e. The van der Waals surface area contributed by atoms with Crippen LogP contribution < -0.4 is 5.73 Å². The van der Waals surface area contributed by atoms with Gasteiger partial charge in [-0.25, -0.2) is 0 Å². The number of nitrogens with zero attached hydrogens (tertiary/aromatic N) is 1. The summed E-state index contributed by atoms with van der Waals surface area (Å²) in [6.45, 7) is 6.67. The topological polar surface area (TPSA) is 29.3 Å². The fraction of sp³-hybridized carbons (Fsp3) is 1.00. The van der Waals surface area contributed by atoms with Crippen LogP contribution in [0.1, 0.15) is 52.4 Å². The fourth-order valence-electron chi connectivity index (χ4n) is 2.95. The molecule has 0 bridgehead atoms. The Labute approximate surface area is 95.2 Å². The molecule has 2 N–H and O–H groups in total. The number of unbranched alkanes of at least 4 members (excludes halogenated alkanes) is 1. The largest absolute Gasteiger partial charge is 0.329 e. The number of likely N-dealkylation sites (N-methyl/N-ethyl adjacent to an activating group) is 1. The summed E-state index contributed by atoms with van der Waals surface area (Å²) in [5, 5.41) is 0. The summed E-state index contributed by atoms with van der Waals surface area (Å²) in [7, 11) is 2.26. The van der Waals surface area contributed by atoms with Gasteiger partial charge in [-0.3, -0.25) is 4.90 Å². The fourth-order valence-corrected chi connectivity index (χ4v) is 2.95. The molecule has 15 heavy (non-hydrogen) atoms. The Morgan fingerprint density at radius 1 is 1.47 bits per heavy atom. The maximum Gasteiger partial charge on any atom is 0.0331 e. The first kappa shape index (κ1) is 13.0. The summed E-state index contributed by atoms with van der Waals surface area (Å²) in [6, 6.07) is 0. The molecule has 2 atom stereocenters. The van der Waals surface area contributed by atoms with Gasteiger partial charge in [0.2, 0.25) is 0 Å². The molecule has 0 aromatic heterocycles. The van der Waals surface area contributed by atoms with Gasteiger partial charge in [0.05, 0.1) is 0 Å². The molecule has 2 nitrogen and oxygen atoms in total. The highest BCUT2D eigenvalue weighted by atomic mass is 15.2. The Kier molecular flexibility index (Phi) is 5.07. The Morgan fingerprint density at radius 2 is 2.20 bits per heavy atom. The Balaban J connectivity index is 2.57. The summed E-state index contributed by atoms with van der Waals surface area (Å²) in [6.07, 6.45) is 7.92. The minimum atomic E-state index is 0.312. The van der Waals surface area contributed by atoms with E-state index in [0.29, 0.717) is 5.54 Å². The van der Waals surface area contributed by atoms with Gasteiger partial charge in [-0.1, -0.05) is 33.1 Å². The number of hydrogen-bond donors (Lipinski definition) is 1. The molecule has 0 saturated heterocycles. The number of rotatable bonds is 5. The predicted octanol–water partition coefficient (Wildman–Crippen LogP) is 2.63. The molecule has 90 valence electrons. The molecule has 1 saturated carbocycles. The molecule has 0 heterocycles. The lowest BCUT2D eigenvalue weighted by atomic mass is 9.75. The van der Waals surface area contributed by atoms with E-state index in [1.54, 1.807) is 0 Å². The van der Waals surface area contributed by atoms with Crippen LogP contribution in [0.25, 0.3) is 0 Å². The molecule has 0 aromatic rings. The maximum atomic E-state index is 6.03. The van der Waals surface area contributed by atoms with Crippen molar-refractivity contribution in [3.8, 4) is 0 Å². The van der Waals surface area contributed by atoms with Gasteiger partial charge in [0, 0.05) is 12.1 Å². The maximum absolute atomic E-state index is 6.03. The molecule has 1 aliphatic carbocycles. The molecule has 2 unspecified atom stereocenters. The number of hydrogen-bond acceptors (Lipinski definition) is 2. The van der Waals surface area contributed by atoms with Crippen molar-refractivity contribution in [1.29, 1.82) is 0 Å². The van der Waals surface area contributed by atoms with E-state index in [4.69, 9.17) is 5.73 Å². The van der Waals surface area contributed by atoms with Crippen LogP contribution in [-0.2, 0) is 0 Å². The SMILES string of the molecule is CCCCN(C)C1(CN)CCCC(C)C1. The van der Waals surface area contributed by atoms with E-state index in [0.717, 1.165) is 12.5 Å². The van der Waals surface area contributed by atoms with E-state index >= 15 is 0 Å². The monoisotopic (exact) mass is 212 g/mol. The zero-order chi connectivity index (χ0) is 11.3. The normalized spacial score (nSPS) is 32.2. The third kappa shape index (κ3) is 3.18. The quantitative estimate of drug-likeness (QED) is 0.759. The van der Waals surface area contributed by atoms with Gasteiger partial charge in [0.1, 0.15) is 0 Å². The van der Waals surface area contributed by atoms with Crippen molar-refractivity contribution < 1.29 is 0 Å². The van der Waals surface area contributed by atoms with Gasteiger partial charge in [-0.05, 0) is 38.8 Å². The first-order chi connectivity index (χ1) is 7.14.